The summed E-state index contributed by atoms with van der Waals surface area (Å²) in [7, 11) is 2.02. The highest BCUT2D eigenvalue weighted by molar-refractivity contribution is 6.30. The van der Waals surface area contributed by atoms with Crippen LogP contribution in [-0.2, 0) is 6.54 Å². The van der Waals surface area contributed by atoms with Gasteiger partial charge in [-0.2, -0.15) is 0 Å². The lowest BCUT2D eigenvalue weighted by atomic mass is 9.99. The topological polar surface area (TPSA) is 20.3 Å². The predicted octanol–water partition coefficient (Wildman–Crippen LogP) is 4.29. The van der Waals surface area contributed by atoms with Gasteiger partial charge in [-0.1, -0.05) is 61.0 Å². The van der Waals surface area contributed by atoms with Gasteiger partial charge in [0.15, 0.2) is 5.78 Å². The summed E-state index contributed by atoms with van der Waals surface area (Å²) >= 11 is 5.99. The molecule has 0 bridgehead atoms. The fourth-order valence-corrected chi connectivity index (χ4v) is 2.66. The third-order valence-electron chi connectivity index (χ3n) is 3.43. The van der Waals surface area contributed by atoms with E-state index in [1.165, 1.54) is 0 Å². The van der Waals surface area contributed by atoms with Gasteiger partial charge in [0.1, 0.15) is 0 Å². The van der Waals surface area contributed by atoms with Crippen molar-refractivity contribution in [2.45, 2.75) is 13.5 Å². The van der Waals surface area contributed by atoms with Gasteiger partial charge in [-0.3, -0.25) is 4.79 Å². The van der Waals surface area contributed by atoms with Gasteiger partial charge >= 0.3 is 0 Å². The second-order valence-corrected chi connectivity index (χ2v) is 5.89. The number of carbonyl (C=O) groups excluding carboxylic acids is 1. The Morgan fingerprint density at radius 3 is 2.52 bits per heavy atom. The lowest BCUT2D eigenvalue weighted by molar-refractivity contribution is 0.0901. The van der Waals surface area contributed by atoms with Crippen LogP contribution in [0.4, 0.5) is 0 Å². The molecule has 1 unspecified atom stereocenters. The molecule has 0 aliphatic rings. The summed E-state index contributed by atoms with van der Waals surface area (Å²) in [6, 6.07) is 17.3. The number of hydrogen-bond donors (Lipinski definition) is 0. The minimum Gasteiger partial charge on any atom is -0.301 e. The molecule has 0 spiro atoms. The Balaban J connectivity index is 1.93. The summed E-state index contributed by atoms with van der Waals surface area (Å²) in [5, 5.41) is 0.745. The first-order chi connectivity index (χ1) is 10.1. The van der Waals surface area contributed by atoms with E-state index in [0.717, 1.165) is 29.2 Å². The molecule has 0 saturated carbocycles. The van der Waals surface area contributed by atoms with Crippen molar-refractivity contribution in [3.63, 3.8) is 0 Å². The quantitative estimate of drug-likeness (QED) is 0.742. The molecular formula is C18H20ClNO. The van der Waals surface area contributed by atoms with Gasteiger partial charge in [-0.25, -0.2) is 0 Å². The second-order valence-electron chi connectivity index (χ2n) is 5.46. The van der Waals surface area contributed by atoms with E-state index in [0.29, 0.717) is 0 Å². The summed E-state index contributed by atoms with van der Waals surface area (Å²) in [6.45, 7) is 3.48. The van der Waals surface area contributed by atoms with Gasteiger partial charge in [0, 0.05) is 29.6 Å². The van der Waals surface area contributed by atoms with Gasteiger partial charge in [0.25, 0.3) is 0 Å². The van der Waals surface area contributed by atoms with Crippen molar-refractivity contribution in [2.75, 3.05) is 13.6 Å². The van der Waals surface area contributed by atoms with Gasteiger partial charge in [-0.15, -0.1) is 0 Å². The average molecular weight is 302 g/mol. The Kier molecular flexibility index (Phi) is 5.54. The number of ketones is 1. The van der Waals surface area contributed by atoms with Gasteiger partial charge < -0.3 is 4.90 Å². The van der Waals surface area contributed by atoms with E-state index in [-0.39, 0.29) is 11.7 Å². The number of Topliss-reactive ketones (excluding diaryl/α,β-unsaturated/α-hetero) is 1. The smallest absolute Gasteiger partial charge is 0.166 e. The minimum absolute atomic E-state index is 0.0309. The Bertz CT molecular complexity index is 597. The summed E-state index contributed by atoms with van der Waals surface area (Å²) in [5.74, 6) is 0.158. The number of nitrogens with zero attached hydrogens (tertiary/aromatic N) is 1. The number of carbonyl (C=O) groups is 1. The molecule has 2 nitrogen and oxygen atoms in total. The normalized spacial score (nSPS) is 12.4. The lowest BCUT2D eigenvalue weighted by Crippen LogP contribution is -2.28. The van der Waals surface area contributed by atoms with Crippen LogP contribution < -0.4 is 0 Å². The molecule has 0 saturated heterocycles. The van der Waals surface area contributed by atoms with Gasteiger partial charge in [-0.05, 0) is 24.7 Å². The van der Waals surface area contributed by atoms with Crippen molar-refractivity contribution in [3.8, 4) is 0 Å². The van der Waals surface area contributed by atoms with Crippen molar-refractivity contribution < 1.29 is 4.79 Å². The number of benzene rings is 2. The standard InChI is InChI=1S/C18H20ClNO/c1-14(18(21)16-8-4-3-5-9-16)12-20(2)13-15-7-6-10-17(19)11-15/h3-11,14H,12-13H2,1-2H3. The van der Waals surface area contributed by atoms with Crippen LogP contribution in [0.2, 0.25) is 5.02 Å². The van der Waals surface area contributed by atoms with E-state index in [2.05, 4.69) is 4.90 Å². The van der Waals surface area contributed by atoms with E-state index in [1.807, 2.05) is 68.6 Å². The highest BCUT2D eigenvalue weighted by atomic mass is 35.5. The Morgan fingerprint density at radius 2 is 1.86 bits per heavy atom. The van der Waals surface area contributed by atoms with Crippen molar-refractivity contribution in [2.24, 2.45) is 5.92 Å². The monoisotopic (exact) mass is 301 g/mol. The summed E-state index contributed by atoms with van der Waals surface area (Å²) in [4.78, 5) is 14.5. The Labute approximate surface area is 131 Å². The molecule has 2 aromatic carbocycles. The molecule has 0 heterocycles. The molecule has 0 amide bonds. The van der Waals surface area contributed by atoms with Crippen LogP contribution in [0.25, 0.3) is 0 Å². The first kappa shape index (κ1) is 15.7. The summed E-state index contributed by atoms with van der Waals surface area (Å²) in [5.41, 5.74) is 1.94. The molecule has 1 atom stereocenters. The molecule has 110 valence electrons. The van der Waals surface area contributed by atoms with Crippen molar-refractivity contribution in [1.82, 2.24) is 4.90 Å². The van der Waals surface area contributed by atoms with Crippen molar-refractivity contribution >= 4 is 17.4 Å². The first-order valence-electron chi connectivity index (χ1n) is 7.08. The maximum atomic E-state index is 12.3. The maximum absolute atomic E-state index is 12.3. The molecule has 2 rings (SSSR count). The number of rotatable bonds is 6. The fourth-order valence-electron chi connectivity index (χ4n) is 2.45. The van der Waals surface area contributed by atoms with Crippen molar-refractivity contribution in [1.29, 1.82) is 0 Å². The average Bonchev–Trinajstić information content (AvgIpc) is 2.47. The molecule has 3 heteroatoms. The highest BCUT2D eigenvalue weighted by Crippen LogP contribution is 2.14. The van der Waals surface area contributed by atoms with Crippen LogP contribution in [-0.4, -0.2) is 24.3 Å². The van der Waals surface area contributed by atoms with Crippen LogP contribution >= 0.6 is 11.6 Å². The predicted molar refractivity (Wildman–Crippen MR) is 87.7 cm³/mol. The molecule has 2 aromatic rings. The Morgan fingerprint density at radius 1 is 1.14 bits per heavy atom. The molecule has 0 radical (unpaired) electrons. The van der Waals surface area contributed by atoms with Crippen LogP contribution in [0.15, 0.2) is 54.6 Å². The molecule has 0 fully saturated rings. The Hall–Kier alpha value is -1.64. The third-order valence-corrected chi connectivity index (χ3v) is 3.67. The zero-order chi connectivity index (χ0) is 15.2. The molecular weight excluding hydrogens is 282 g/mol. The van der Waals surface area contributed by atoms with E-state index in [1.54, 1.807) is 0 Å². The molecule has 0 N–H and O–H groups in total. The largest absolute Gasteiger partial charge is 0.301 e. The minimum atomic E-state index is -0.0309. The van der Waals surface area contributed by atoms with Gasteiger partial charge in [0.2, 0.25) is 0 Å². The molecule has 0 aromatic heterocycles. The SMILES string of the molecule is CC(CN(C)Cc1cccc(Cl)c1)C(=O)c1ccccc1. The second kappa shape index (κ2) is 7.39. The maximum Gasteiger partial charge on any atom is 0.166 e. The molecule has 0 aliphatic heterocycles. The first-order valence-corrected chi connectivity index (χ1v) is 7.46. The number of hydrogen-bond acceptors (Lipinski definition) is 2. The molecule has 0 aliphatic carbocycles. The van der Waals surface area contributed by atoms with E-state index < -0.39 is 0 Å². The zero-order valence-electron chi connectivity index (χ0n) is 12.4. The van der Waals surface area contributed by atoms with Crippen molar-refractivity contribution in [3.05, 3.63) is 70.7 Å². The fraction of sp³-hybridized carbons (Fsp3) is 0.278. The summed E-state index contributed by atoms with van der Waals surface area (Å²) in [6.07, 6.45) is 0. The van der Waals surface area contributed by atoms with Crippen LogP contribution in [0.3, 0.4) is 0 Å². The third kappa shape index (κ3) is 4.69. The van der Waals surface area contributed by atoms with Crippen LogP contribution in [0, 0.1) is 5.92 Å². The zero-order valence-corrected chi connectivity index (χ0v) is 13.2. The van der Waals surface area contributed by atoms with E-state index in [9.17, 15) is 4.79 Å². The van der Waals surface area contributed by atoms with Crippen LogP contribution in [0.5, 0.6) is 0 Å². The number of halogens is 1. The van der Waals surface area contributed by atoms with Gasteiger partial charge in [0.05, 0.1) is 0 Å². The summed E-state index contributed by atoms with van der Waals surface area (Å²) < 4.78 is 0. The highest BCUT2D eigenvalue weighted by Gasteiger charge is 2.16. The lowest BCUT2D eigenvalue weighted by Gasteiger charge is -2.20. The van der Waals surface area contributed by atoms with E-state index >= 15 is 0 Å². The van der Waals surface area contributed by atoms with E-state index in [4.69, 9.17) is 11.6 Å². The van der Waals surface area contributed by atoms with Crippen LogP contribution in [0.1, 0.15) is 22.8 Å². The molecule has 21 heavy (non-hydrogen) atoms.